The smallest absolute Gasteiger partial charge is 0.316 e. The van der Waals surface area contributed by atoms with Gasteiger partial charge in [-0.05, 0) is 42.7 Å². The predicted molar refractivity (Wildman–Crippen MR) is 109 cm³/mol. The van der Waals surface area contributed by atoms with Crippen LogP contribution in [0.25, 0.3) is 0 Å². The first kappa shape index (κ1) is 20.1. The van der Waals surface area contributed by atoms with Crippen molar-refractivity contribution in [2.45, 2.75) is 31.4 Å². The van der Waals surface area contributed by atoms with Gasteiger partial charge in [0, 0.05) is 18.9 Å². The summed E-state index contributed by atoms with van der Waals surface area (Å²) >= 11 is 0. The Hall–Kier alpha value is -3.22. The molecule has 4 rings (SSSR count). The second kappa shape index (κ2) is 7.55. The standard InChI is InChI=1S/C23H25NO6/c1-23-13-16(15-6-4-5-7-17(15)30-23)20(22(26)27)21(25)24(23)11-10-14-8-9-18(28-2)19(12-14)29-3/h4-9,12,16,20H,10-11,13H2,1-3H3,(H,26,27)/t16-,20+,23-/m1/s1. The van der Waals surface area contributed by atoms with E-state index < -0.39 is 29.4 Å². The van der Waals surface area contributed by atoms with Crippen molar-refractivity contribution < 1.29 is 28.9 Å². The molecule has 1 N–H and O–H groups in total. The van der Waals surface area contributed by atoms with Crippen LogP contribution in [0, 0.1) is 5.92 Å². The number of carboxylic acids is 1. The summed E-state index contributed by atoms with van der Waals surface area (Å²) in [5.41, 5.74) is 0.850. The summed E-state index contributed by atoms with van der Waals surface area (Å²) in [6.07, 6.45) is 0.975. The van der Waals surface area contributed by atoms with Crippen molar-refractivity contribution >= 4 is 11.9 Å². The Labute approximate surface area is 175 Å². The lowest BCUT2D eigenvalue weighted by Gasteiger charge is -2.52. The van der Waals surface area contributed by atoms with E-state index in [9.17, 15) is 14.7 Å². The van der Waals surface area contributed by atoms with Gasteiger partial charge in [0.25, 0.3) is 0 Å². The highest BCUT2D eigenvalue weighted by Gasteiger charge is 2.56. The number of amides is 1. The molecule has 0 aromatic heterocycles. The van der Waals surface area contributed by atoms with Crippen molar-refractivity contribution in [1.29, 1.82) is 0 Å². The molecule has 0 spiro atoms. The molecule has 30 heavy (non-hydrogen) atoms. The average Bonchev–Trinajstić information content (AvgIpc) is 2.72. The number of nitrogens with zero attached hydrogens (tertiary/aromatic N) is 1. The molecule has 0 unspecified atom stereocenters. The van der Waals surface area contributed by atoms with Gasteiger partial charge in [0.15, 0.2) is 17.2 Å². The van der Waals surface area contributed by atoms with Crippen LogP contribution < -0.4 is 14.2 Å². The van der Waals surface area contributed by atoms with Gasteiger partial charge in [-0.2, -0.15) is 0 Å². The molecule has 1 saturated heterocycles. The second-order valence-electron chi connectivity index (χ2n) is 7.87. The van der Waals surface area contributed by atoms with Gasteiger partial charge >= 0.3 is 5.97 Å². The summed E-state index contributed by atoms with van der Waals surface area (Å²) in [6, 6.07) is 13.0. The van der Waals surface area contributed by atoms with Gasteiger partial charge in [-0.25, -0.2) is 0 Å². The van der Waals surface area contributed by atoms with E-state index in [4.69, 9.17) is 14.2 Å². The van der Waals surface area contributed by atoms with E-state index in [2.05, 4.69) is 0 Å². The highest BCUT2D eigenvalue weighted by molar-refractivity contribution is 5.99. The van der Waals surface area contributed by atoms with E-state index in [1.54, 1.807) is 19.1 Å². The number of fused-ring (bicyclic) bond motifs is 4. The van der Waals surface area contributed by atoms with E-state index in [0.29, 0.717) is 36.6 Å². The van der Waals surface area contributed by atoms with Gasteiger partial charge in [-0.1, -0.05) is 24.3 Å². The monoisotopic (exact) mass is 411 g/mol. The minimum atomic E-state index is -1.12. The van der Waals surface area contributed by atoms with Gasteiger partial charge in [0.2, 0.25) is 5.91 Å². The zero-order chi connectivity index (χ0) is 21.5. The van der Waals surface area contributed by atoms with Crippen LogP contribution in [0.15, 0.2) is 42.5 Å². The maximum Gasteiger partial charge on any atom is 0.316 e. The number of ether oxygens (including phenoxy) is 3. The number of rotatable bonds is 6. The summed E-state index contributed by atoms with van der Waals surface area (Å²) in [5, 5.41) is 9.84. The third-order valence-corrected chi connectivity index (χ3v) is 6.09. The van der Waals surface area contributed by atoms with Gasteiger partial charge in [0.1, 0.15) is 11.7 Å². The minimum absolute atomic E-state index is 0.337. The Morgan fingerprint density at radius 1 is 1.20 bits per heavy atom. The number of likely N-dealkylation sites (tertiary alicyclic amines) is 1. The maximum atomic E-state index is 13.3. The van der Waals surface area contributed by atoms with Crippen LogP contribution in [-0.2, 0) is 16.0 Å². The molecule has 2 bridgehead atoms. The van der Waals surface area contributed by atoms with Crippen molar-refractivity contribution in [3.63, 3.8) is 0 Å². The highest BCUT2D eigenvalue weighted by Crippen LogP contribution is 2.50. The lowest BCUT2D eigenvalue weighted by Crippen LogP contribution is -2.64. The molecule has 1 fully saturated rings. The SMILES string of the molecule is COc1ccc(CCN2C(=O)[C@@H](C(=O)O)[C@@H]3C[C@@]2(C)Oc2ccccc23)cc1OC. The normalized spacial score (nSPS) is 24.6. The van der Waals surface area contributed by atoms with Crippen molar-refractivity contribution in [2.24, 2.45) is 5.92 Å². The van der Waals surface area contributed by atoms with Crippen molar-refractivity contribution in [2.75, 3.05) is 20.8 Å². The Balaban J connectivity index is 1.64. The fraction of sp³-hybridized carbons (Fsp3) is 0.391. The van der Waals surface area contributed by atoms with Crippen LogP contribution in [0.2, 0.25) is 0 Å². The Morgan fingerprint density at radius 2 is 1.93 bits per heavy atom. The first-order valence-corrected chi connectivity index (χ1v) is 9.91. The Kier molecular flexibility index (Phi) is 5.05. The number of benzene rings is 2. The van der Waals surface area contributed by atoms with E-state index in [1.165, 1.54) is 0 Å². The van der Waals surface area contributed by atoms with Crippen molar-refractivity contribution in [3.8, 4) is 17.2 Å². The molecule has 158 valence electrons. The number of hydrogen-bond donors (Lipinski definition) is 1. The molecule has 0 radical (unpaired) electrons. The molecule has 7 heteroatoms. The Bertz CT molecular complexity index is 989. The molecular weight excluding hydrogens is 386 g/mol. The lowest BCUT2D eigenvalue weighted by atomic mass is 9.73. The van der Waals surface area contributed by atoms with Gasteiger partial charge in [-0.3, -0.25) is 9.59 Å². The third kappa shape index (κ3) is 3.24. The van der Waals surface area contributed by atoms with Crippen LogP contribution in [0.5, 0.6) is 17.2 Å². The maximum absolute atomic E-state index is 13.3. The van der Waals surface area contributed by atoms with E-state index >= 15 is 0 Å². The second-order valence-corrected chi connectivity index (χ2v) is 7.87. The van der Waals surface area contributed by atoms with Gasteiger partial charge in [0.05, 0.1) is 14.2 Å². The number of methoxy groups -OCH3 is 2. The zero-order valence-electron chi connectivity index (χ0n) is 17.3. The fourth-order valence-corrected chi connectivity index (χ4v) is 4.61. The first-order valence-electron chi connectivity index (χ1n) is 9.91. The summed E-state index contributed by atoms with van der Waals surface area (Å²) in [5.74, 6) is -1.14. The molecule has 2 heterocycles. The molecule has 2 aliphatic rings. The number of carbonyl (C=O) groups is 2. The minimum Gasteiger partial charge on any atom is -0.493 e. The molecular formula is C23H25NO6. The van der Waals surface area contributed by atoms with Crippen molar-refractivity contribution in [1.82, 2.24) is 4.90 Å². The summed E-state index contributed by atoms with van der Waals surface area (Å²) in [7, 11) is 3.15. The van der Waals surface area contributed by atoms with Crippen LogP contribution in [0.4, 0.5) is 0 Å². The van der Waals surface area contributed by atoms with E-state index in [-0.39, 0.29) is 0 Å². The number of hydrogen-bond acceptors (Lipinski definition) is 5. The van der Waals surface area contributed by atoms with Crippen LogP contribution in [0.1, 0.15) is 30.4 Å². The quantitative estimate of drug-likeness (QED) is 0.736. The molecule has 2 aliphatic heterocycles. The van der Waals surface area contributed by atoms with E-state index in [1.807, 2.05) is 49.4 Å². The summed E-state index contributed by atoms with van der Waals surface area (Å²) in [4.78, 5) is 26.9. The van der Waals surface area contributed by atoms with E-state index in [0.717, 1.165) is 11.1 Å². The number of para-hydroxylation sites is 1. The topological polar surface area (TPSA) is 85.3 Å². The Morgan fingerprint density at radius 3 is 2.63 bits per heavy atom. The summed E-state index contributed by atoms with van der Waals surface area (Å²) in [6.45, 7) is 2.20. The van der Waals surface area contributed by atoms with Gasteiger partial charge in [-0.15, -0.1) is 0 Å². The van der Waals surface area contributed by atoms with Crippen molar-refractivity contribution in [3.05, 3.63) is 53.6 Å². The predicted octanol–water partition coefficient (Wildman–Crippen LogP) is 3.07. The number of piperidine rings is 1. The molecule has 3 atom stereocenters. The van der Waals surface area contributed by atoms with Crippen LogP contribution >= 0.6 is 0 Å². The lowest BCUT2D eigenvalue weighted by molar-refractivity contribution is -0.180. The largest absolute Gasteiger partial charge is 0.493 e. The third-order valence-electron chi connectivity index (χ3n) is 6.09. The molecule has 2 aromatic carbocycles. The molecule has 1 amide bonds. The molecule has 0 saturated carbocycles. The zero-order valence-corrected chi connectivity index (χ0v) is 17.3. The summed E-state index contributed by atoms with van der Waals surface area (Å²) < 4.78 is 16.9. The number of carbonyl (C=O) groups excluding carboxylic acids is 1. The number of aliphatic carboxylic acids is 1. The molecule has 7 nitrogen and oxygen atoms in total. The molecule has 2 aromatic rings. The number of carboxylic acid groups (broad SMARTS) is 1. The van der Waals surface area contributed by atoms with Crippen LogP contribution in [-0.4, -0.2) is 48.4 Å². The van der Waals surface area contributed by atoms with Crippen LogP contribution in [0.3, 0.4) is 0 Å². The first-order chi connectivity index (χ1) is 14.4. The fourth-order valence-electron chi connectivity index (χ4n) is 4.61. The highest BCUT2D eigenvalue weighted by atomic mass is 16.5. The van der Waals surface area contributed by atoms with Gasteiger partial charge < -0.3 is 24.2 Å². The molecule has 0 aliphatic carbocycles. The average molecular weight is 411 g/mol.